The molecule has 1 aliphatic carbocycles. The zero-order valence-corrected chi connectivity index (χ0v) is 17.1. The van der Waals surface area contributed by atoms with Crippen LogP contribution < -0.4 is 0 Å². The molecule has 2 atom stereocenters. The first kappa shape index (κ1) is 17.7. The van der Waals surface area contributed by atoms with Crippen molar-refractivity contribution >= 4 is 5.91 Å². The standard InChI is InChI=1S/C28H25NO/c30-27-28(22-13-5-2-6-14-22,18-20-10-3-1-4-11-20)25-17-9-16-24-23-15-8-7-12-21(23)19-29(27)26(24)25/h1-8,10-15,24H,9,16-19H2. The number of benzene rings is 3. The summed E-state index contributed by atoms with van der Waals surface area (Å²) >= 11 is 0. The molecule has 0 aromatic heterocycles. The van der Waals surface area contributed by atoms with Gasteiger partial charge in [0.05, 0.1) is 6.54 Å². The lowest BCUT2D eigenvalue weighted by molar-refractivity contribution is -0.133. The van der Waals surface area contributed by atoms with Crippen molar-refractivity contribution in [1.82, 2.24) is 4.90 Å². The number of carbonyl (C=O) groups is 1. The van der Waals surface area contributed by atoms with E-state index in [-0.39, 0.29) is 5.91 Å². The lowest BCUT2D eigenvalue weighted by Gasteiger charge is -2.37. The number of hydrogen-bond acceptors (Lipinski definition) is 1. The first-order valence-corrected chi connectivity index (χ1v) is 11.0. The molecule has 3 aliphatic rings. The van der Waals surface area contributed by atoms with Crippen LogP contribution in [0.5, 0.6) is 0 Å². The molecule has 2 heterocycles. The summed E-state index contributed by atoms with van der Waals surface area (Å²) in [5.41, 5.74) is 7.20. The molecular weight excluding hydrogens is 366 g/mol. The third-order valence-electron chi connectivity index (χ3n) is 7.31. The second-order valence-corrected chi connectivity index (χ2v) is 8.83. The fraction of sp³-hybridized carbons (Fsp3) is 0.250. The molecule has 0 saturated carbocycles. The fourth-order valence-electron chi connectivity index (χ4n) is 6.07. The van der Waals surface area contributed by atoms with E-state index in [1.807, 2.05) is 12.1 Å². The first-order chi connectivity index (χ1) is 14.8. The average Bonchev–Trinajstić information content (AvgIpc) is 3.05. The summed E-state index contributed by atoms with van der Waals surface area (Å²) in [7, 11) is 0. The summed E-state index contributed by atoms with van der Waals surface area (Å²) in [6.07, 6.45) is 4.02. The highest BCUT2D eigenvalue weighted by atomic mass is 16.2. The van der Waals surface area contributed by atoms with Crippen LogP contribution in [-0.4, -0.2) is 10.8 Å². The van der Waals surface area contributed by atoms with Crippen LogP contribution in [-0.2, 0) is 23.2 Å². The molecule has 0 bridgehead atoms. The van der Waals surface area contributed by atoms with Crippen molar-refractivity contribution < 1.29 is 4.79 Å². The van der Waals surface area contributed by atoms with Gasteiger partial charge in [-0.05, 0) is 53.5 Å². The second kappa shape index (κ2) is 6.70. The highest BCUT2D eigenvalue weighted by Gasteiger charge is 2.56. The van der Waals surface area contributed by atoms with E-state index in [9.17, 15) is 4.79 Å². The van der Waals surface area contributed by atoms with Crippen LogP contribution in [0.15, 0.2) is 96.2 Å². The zero-order chi connectivity index (χ0) is 20.1. The minimum absolute atomic E-state index is 0.268. The summed E-state index contributed by atoms with van der Waals surface area (Å²) in [4.78, 5) is 16.4. The van der Waals surface area contributed by atoms with Gasteiger partial charge in [-0.3, -0.25) is 4.79 Å². The Labute approximate surface area is 177 Å². The van der Waals surface area contributed by atoms with Crippen molar-refractivity contribution in [1.29, 1.82) is 0 Å². The number of nitrogens with zero attached hydrogens (tertiary/aromatic N) is 1. The maximum atomic E-state index is 14.3. The van der Waals surface area contributed by atoms with E-state index in [1.165, 1.54) is 28.0 Å². The maximum Gasteiger partial charge on any atom is 0.242 e. The average molecular weight is 392 g/mol. The van der Waals surface area contributed by atoms with Gasteiger partial charge in [-0.2, -0.15) is 0 Å². The molecule has 3 aromatic carbocycles. The van der Waals surface area contributed by atoms with E-state index in [0.717, 1.165) is 31.2 Å². The van der Waals surface area contributed by atoms with Crippen molar-refractivity contribution in [3.05, 3.63) is 118 Å². The molecule has 148 valence electrons. The third-order valence-corrected chi connectivity index (χ3v) is 7.31. The normalized spacial score (nSPS) is 24.6. The van der Waals surface area contributed by atoms with Gasteiger partial charge < -0.3 is 4.90 Å². The minimum atomic E-state index is -0.585. The number of fused-ring (bicyclic) bond motifs is 2. The van der Waals surface area contributed by atoms with Crippen LogP contribution >= 0.6 is 0 Å². The van der Waals surface area contributed by atoms with E-state index >= 15 is 0 Å². The van der Waals surface area contributed by atoms with E-state index < -0.39 is 5.41 Å². The Hall–Kier alpha value is -3.13. The zero-order valence-electron chi connectivity index (χ0n) is 17.1. The summed E-state index contributed by atoms with van der Waals surface area (Å²) < 4.78 is 0. The van der Waals surface area contributed by atoms with E-state index in [4.69, 9.17) is 0 Å². The SMILES string of the molecule is O=C1N2Cc3ccccc3C3CCCC(=C32)C1(Cc1ccccc1)c1ccccc1. The monoisotopic (exact) mass is 391 g/mol. The molecule has 0 spiro atoms. The number of carbonyl (C=O) groups excluding carboxylic acids is 1. The summed E-state index contributed by atoms with van der Waals surface area (Å²) in [5, 5.41) is 0. The maximum absolute atomic E-state index is 14.3. The van der Waals surface area contributed by atoms with Crippen LogP contribution in [0.2, 0.25) is 0 Å². The van der Waals surface area contributed by atoms with E-state index in [2.05, 4.69) is 77.7 Å². The highest BCUT2D eigenvalue weighted by molar-refractivity contribution is 5.98. The first-order valence-electron chi connectivity index (χ1n) is 11.0. The molecule has 3 aromatic rings. The van der Waals surface area contributed by atoms with Crippen molar-refractivity contribution in [2.75, 3.05) is 0 Å². The summed E-state index contributed by atoms with van der Waals surface area (Å²) in [6, 6.07) is 29.8. The van der Waals surface area contributed by atoms with Crippen molar-refractivity contribution in [2.45, 2.75) is 43.6 Å². The molecule has 1 amide bonds. The van der Waals surface area contributed by atoms with Gasteiger partial charge in [-0.1, -0.05) is 84.9 Å². The Kier molecular flexibility index (Phi) is 3.95. The highest BCUT2D eigenvalue weighted by Crippen LogP contribution is 2.56. The van der Waals surface area contributed by atoms with Gasteiger partial charge in [0.1, 0.15) is 5.41 Å². The van der Waals surface area contributed by atoms with Crippen molar-refractivity contribution in [3.63, 3.8) is 0 Å². The van der Waals surface area contributed by atoms with Gasteiger partial charge in [-0.25, -0.2) is 0 Å². The number of rotatable bonds is 3. The molecule has 0 radical (unpaired) electrons. The Bertz CT molecular complexity index is 1150. The Morgan fingerprint density at radius 3 is 2.37 bits per heavy atom. The van der Waals surface area contributed by atoms with Gasteiger partial charge in [-0.15, -0.1) is 0 Å². The van der Waals surface area contributed by atoms with Crippen LogP contribution in [0.1, 0.15) is 47.4 Å². The van der Waals surface area contributed by atoms with Crippen LogP contribution in [0.3, 0.4) is 0 Å². The lowest BCUT2D eigenvalue weighted by Crippen LogP contribution is -2.43. The van der Waals surface area contributed by atoms with Crippen LogP contribution in [0, 0.1) is 0 Å². The van der Waals surface area contributed by atoms with Gasteiger partial charge >= 0.3 is 0 Å². The molecule has 6 rings (SSSR count). The van der Waals surface area contributed by atoms with E-state index in [0.29, 0.717) is 12.5 Å². The predicted molar refractivity (Wildman–Crippen MR) is 119 cm³/mol. The largest absolute Gasteiger partial charge is 0.310 e. The van der Waals surface area contributed by atoms with E-state index in [1.54, 1.807) is 0 Å². The molecule has 2 nitrogen and oxygen atoms in total. The molecule has 2 unspecified atom stereocenters. The van der Waals surface area contributed by atoms with Gasteiger partial charge in [0.2, 0.25) is 5.91 Å². The summed E-state index contributed by atoms with van der Waals surface area (Å²) in [5.74, 6) is 0.618. The van der Waals surface area contributed by atoms with Gasteiger partial charge in [0.15, 0.2) is 0 Å². The summed E-state index contributed by atoms with van der Waals surface area (Å²) in [6.45, 7) is 0.702. The molecule has 0 N–H and O–H groups in total. The molecule has 0 saturated heterocycles. The number of amides is 1. The fourth-order valence-corrected chi connectivity index (χ4v) is 6.07. The number of allylic oxidation sites excluding steroid dienone is 1. The Balaban J connectivity index is 1.59. The minimum Gasteiger partial charge on any atom is -0.310 e. The third kappa shape index (κ3) is 2.40. The Morgan fingerprint density at radius 2 is 1.57 bits per heavy atom. The second-order valence-electron chi connectivity index (χ2n) is 8.83. The van der Waals surface area contributed by atoms with Crippen LogP contribution in [0.4, 0.5) is 0 Å². The van der Waals surface area contributed by atoms with Crippen LogP contribution in [0.25, 0.3) is 0 Å². The van der Waals surface area contributed by atoms with Gasteiger partial charge in [0.25, 0.3) is 0 Å². The molecular formula is C28H25NO. The quantitative estimate of drug-likeness (QED) is 0.557. The number of hydrogen-bond donors (Lipinski definition) is 0. The Morgan fingerprint density at radius 1 is 0.867 bits per heavy atom. The topological polar surface area (TPSA) is 20.3 Å². The smallest absolute Gasteiger partial charge is 0.242 e. The lowest BCUT2D eigenvalue weighted by atomic mass is 9.66. The van der Waals surface area contributed by atoms with Crippen molar-refractivity contribution in [2.24, 2.45) is 0 Å². The molecule has 2 aliphatic heterocycles. The molecule has 30 heavy (non-hydrogen) atoms. The van der Waals surface area contributed by atoms with Crippen molar-refractivity contribution in [3.8, 4) is 0 Å². The molecule has 0 fully saturated rings. The van der Waals surface area contributed by atoms with Gasteiger partial charge in [0, 0.05) is 11.6 Å². The molecule has 2 heteroatoms. The predicted octanol–water partition coefficient (Wildman–Crippen LogP) is 5.74.